The van der Waals surface area contributed by atoms with Crippen molar-refractivity contribution in [3.8, 4) is 0 Å². The molecule has 0 bridgehead atoms. The standard InChI is InChI=1S/H2O4S.2O.Sn/c1-5(2,3)4;;;/h(H2,1,2,3,4);;;/q;2*-2;+4. The van der Waals surface area contributed by atoms with Crippen molar-refractivity contribution in [3.63, 3.8) is 0 Å². The molecule has 0 aliphatic carbocycles. The summed E-state index contributed by atoms with van der Waals surface area (Å²) in [5.41, 5.74) is 0. The Labute approximate surface area is 63.0 Å². The Bertz CT molecular complexity index is 91.7. The van der Waals surface area contributed by atoms with Gasteiger partial charge in [0.15, 0.2) is 0 Å². The van der Waals surface area contributed by atoms with Gasteiger partial charge in [0.2, 0.25) is 0 Å². The summed E-state index contributed by atoms with van der Waals surface area (Å²) < 4.78 is 31.6. The van der Waals surface area contributed by atoms with Crippen molar-refractivity contribution in [2.24, 2.45) is 0 Å². The third-order valence-corrected chi connectivity index (χ3v) is 0. The summed E-state index contributed by atoms with van der Waals surface area (Å²) in [5, 5.41) is 0. The Kier molecular flexibility index (Phi) is 22.3. The Morgan fingerprint density at radius 1 is 1.00 bits per heavy atom. The molecule has 0 fully saturated rings. The SMILES string of the molecule is O=S(=O)(O)O.[O-2].[O-2].[Sn+4]. The predicted octanol–water partition coefficient (Wildman–Crippen LogP) is -1.27. The van der Waals surface area contributed by atoms with E-state index in [0.717, 1.165) is 0 Å². The molecular formula is H2O6SSn. The molecule has 0 aromatic carbocycles. The average molecular weight is 249 g/mol. The van der Waals surface area contributed by atoms with Crippen LogP contribution < -0.4 is 0 Å². The fourth-order valence-electron chi connectivity index (χ4n) is 0. The topological polar surface area (TPSA) is 132 Å². The van der Waals surface area contributed by atoms with E-state index < -0.39 is 10.4 Å². The fraction of sp³-hybridized carbons (Fsp3) is 0. The number of rotatable bonds is 0. The van der Waals surface area contributed by atoms with E-state index in [1.807, 2.05) is 0 Å². The van der Waals surface area contributed by atoms with Crippen LogP contribution in [-0.2, 0) is 21.4 Å². The molecule has 6 nitrogen and oxygen atoms in total. The zero-order chi connectivity index (χ0) is 4.50. The molecule has 8 heteroatoms. The van der Waals surface area contributed by atoms with Crippen LogP contribution in [0.3, 0.4) is 0 Å². The molecule has 0 radical (unpaired) electrons. The Morgan fingerprint density at radius 2 is 1.00 bits per heavy atom. The molecule has 0 aliphatic rings. The quantitative estimate of drug-likeness (QED) is 0.409. The third-order valence-electron chi connectivity index (χ3n) is 0. The van der Waals surface area contributed by atoms with E-state index >= 15 is 0 Å². The predicted molar refractivity (Wildman–Crippen MR) is 21.3 cm³/mol. The maximum absolute atomic E-state index is 8.74. The molecule has 0 amide bonds. The van der Waals surface area contributed by atoms with E-state index in [1.165, 1.54) is 0 Å². The van der Waals surface area contributed by atoms with Crippen LogP contribution in [0, 0.1) is 0 Å². The summed E-state index contributed by atoms with van der Waals surface area (Å²) in [7, 11) is -4.67. The van der Waals surface area contributed by atoms with Gasteiger partial charge in [0.05, 0.1) is 0 Å². The Morgan fingerprint density at radius 3 is 1.00 bits per heavy atom. The van der Waals surface area contributed by atoms with Gasteiger partial charge in [0, 0.05) is 0 Å². The molecule has 0 saturated heterocycles. The second kappa shape index (κ2) is 7.59. The Hall–Kier alpha value is 0.589. The van der Waals surface area contributed by atoms with Crippen LogP contribution in [0.25, 0.3) is 0 Å². The molecule has 8 heavy (non-hydrogen) atoms. The van der Waals surface area contributed by atoms with Crippen molar-refractivity contribution in [2.45, 2.75) is 0 Å². The van der Waals surface area contributed by atoms with Crippen molar-refractivity contribution < 1.29 is 28.5 Å². The summed E-state index contributed by atoms with van der Waals surface area (Å²) in [6.45, 7) is 0. The maximum atomic E-state index is 8.74. The minimum Gasteiger partial charge on any atom is -2.00 e. The molecule has 2 N–H and O–H groups in total. The summed E-state index contributed by atoms with van der Waals surface area (Å²) in [6.07, 6.45) is 0. The van der Waals surface area contributed by atoms with E-state index in [0.29, 0.717) is 0 Å². The van der Waals surface area contributed by atoms with Crippen LogP contribution in [0.4, 0.5) is 0 Å². The molecule has 0 aliphatic heterocycles. The smallest absolute Gasteiger partial charge is 2.00 e. The zero-order valence-electron chi connectivity index (χ0n) is 3.44. The van der Waals surface area contributed by atoms with Gasteiger partial charge in [-0.1, -0.05) is 0 Å². The van der Waals surface area contributed by atoms with Gasteiger partial charge in [-0.3, -0.25) is 9.11 Å². The molecule has 0 saturated carbocycles. The first-order valence-corrected chi connectivity index (χ1v) is 2.10. The van der Waals surface area contributed by atoms with Gasteiger partial charge in [0.1, 0.15) is 0 Å². The summed E-state index contributed by atoms with van der Waals surface area (Å²) in [6, 6.07) is 0. The molecular weight excluding hydrogens is 247 g/mol. The van der Waals surface area contributed by atoms with Crippen LogP contribution in [0.5, 0.6) is 0 Å². The van der Waals surface area contributed by atoms with E-state index in [-0.39, 0.29) is 34.9 Å². The minimum atomic E-state index is -4.67. The van der Waals surface area contributed by atoms with Crippen molar-refractivity contribution in [3.05, 3.63) is 0 Å². The van der Waals surface area contributed by atoms with E-state index in [9.17, 15) is 0 Å². The minimum absolute atomic E-state index is 0. The van der Waals surface area contributed by atoms with Crippen LogP contribution >= 0.6 is 0 Å². The first-order chi connectivity index (χ1) is 2.00. The first kappa shape index (κ1) is 23.5. The molecule has 0 aromatic heterocycles. The van der Waals surface area contributed by atoms with Crippen molar-refractivity contribution in [2.75, 3.05) is 0 Å². The summed E-state index contributed by atoms with van der Waals surface area (Å²) >= 11 is 0. The van der Waals surface area contributed by atoms with Crippen LogP contribution in [0.15, 0.2) is 0 Å². The van der Waals surface area contributed by atoms with Crippen LogP contribution in [0.2, 0.25) is 0 Å². The summed E-state index contributed by atoms with van der Waals surface area (Å²) in [4.78, 5) is 0. The average Bonchev–Trinajstić information content (AvgIpc) is 0.722. The monoisotopic (exact) mass is 250 g/mol. The molecule has 0 spiro atoms. The molecule has 0 aromatic rings. The number of hydrogen-bond acceptors (Lipinski definition) is 2. The van der Waals surface area contributed by atoms with Gasteiger partial charge >= 0.3 is 34.3 Å². The van der Waals surface area contributed by atoms with E-state index in [4.69, 9.17) is 17.5 Å². The van der Waals surface area contributed by atoms with Gasteiger partial charge in [0.25, 0.3) is 0 Å². The van der Waals surface area contributed by atoms with Gasteiger partial charge in [-0.15, -0.1) is 0 Å². The maximum Gasteiger partial charge on any atom is 4.00 e. The third kappa shape index (κ3) is 594. The summed E-state index contributed by atoms with van der Waals surface area (Å²) in [5.74, 6) is 0. The van der Waals surface area contributed by atoms with Gasteiger partial charge in [-0.05, 0) is 0 Å². The van der Waals surface area contributed by atoms with Gasteiger partial charge < -0.3 is 11.0 Å². The molecule has 0 rings (SSSR count). The number of hydrogen-bond donors (Lipinski definition) is 2. The van der Waals surface area contributed by atoms with Crippen LogP contribution in [-0.4, -0.2) is 41.4 Å². The Balaban J connectivity index is -0.0000000267. The first-order valence-electron chi connectivity index (χ1n) is 0.698. The second-order valence-corrected chi connectivity index (χ2v) is 1.34. The fourth-order valence-corrected chi connectivity index (χ4v) is 0. The molecule has 48 valence electrons. The normalized spacial score (nSPS) is 7.25. The van der Waals surface area contributed by atoms with E-state index in [2.05, 4.69) is 0 Å². The molecule has 0 unspecified atom stereocenters. The van der Waals surface area contributed by atoms with E-state index in [1.54, 1.807) is 0 Å². The second-order valence-electron chi connectivity index (χ2n) is 0.448. The molecule has 0 heterocycles. The molecule has 0 atom stereocenters. The van der Waals surface area contributed by atoms with Crippen molar-refractivity contribution in [1.29, 1.82) is 0 Å². The zero-order valence-corrected chi connectivity index (χ0v) is 7.11. The largest absolute Gasteiger partial charge is 4.00 e. The van der Waals surface area contributed by atoms with Gasteiger partial charge in [-0.2, -0.15) is 8.42 Å². The van der Waals surface area contributed by atoms with Crippen LogP contribution in [0.1, 0.15) is 0 Å². The van der Waals surface area contributed by atoms with Crippen molar-refractivity contribution in [1.82, 2.24) is 0 Å². The van der Waals surface area contributed by atoms with Gasteiger partial charge in [-0.25, -0.2) is 0 Å². The van der Waals surface area contributed by atoms with Crippen molar-refractivity contribution >= 4 is 34.3 Å².